The van der Waals surface area contributed by atoms with Gasteiger partial charge in [-0.25, -0.2) is 0 Å². The van der Waals surface area contributed by atoms with Crippen LogP contribution in [0.2, 0.25) is 5.82 Å². The van der Waals surface area contributed by atoms with Gasteiger partial charge in [0.05, 0.1) is 0 Å². The van der Waals surface area contributed by atoms with Gasteiger partial charge in [0, 0.05) is 0 Å². The lowest BCUT2D eigenvalue weighted by Gasteiger charge is -2.34. The fourth-order valence-electron chi connectivity index (χ4n) is 3.81. The minimum atomic E-state index is 0.504. The first-order chi connectivity index (χ1) is 8.81. The van der Waals surface area contributed by atoms with Gasteiger partial charge < -0.3 is 15.4 Å². The van der Waals surface area contributed by atoms with Crippen molar-refractivity contribution in [3.8, 4) is 0 Å². The van der Waals surface area contributed by atoms with Crippen LogP contribution in [-0.2, 0) is 0 Å². The van der Waals surface area contributed by atoms with Gasteiger partial charge in [-0.05, 0) is 17.7 Å². The molecule has 0 aromatic rings. The Labute approximate surface area is 114 Å². The van der Waals surface area contributed by atoms with E-state index in [9.17, 15) is 0 Å². The van der Waals surface area contributed by atoms with Gasteiger partial charge in [-0.3, -0.25) is 0 Å². The molecule has 1 aliphatic carbocycles. The summed E-state index contributed by atoms with van der Waals surface area (Å²) in [5, 5.41) is 10.3. The molecular formula is C12H28B3N3. The van der Waals surface area contributed by atoms with Gasteiger partial charge in [0.1, 0.15) is 0 Å². The van der Waals surface area contributed by atoms with Gasteiger partial charge in [-0.2, -0.15) is 0 Å². The summed E-state index contributed by atoms with van der Waals surface area (Å²) in [7, 11) is 1.89. The molecule has 6 heteroatoms. The van der Waals surface area contributed by atoms with E-state index < -0.39 is 0 Å². The monoisotopic (exact) mass is 247 g/mol. The molecule has 18 heavy (non-hydrogen) atoms. The molecule has 1 saturated carbocycles. The average molecular weight is 247 g/mol. The molecule has 0 aromatic heterocycles. The number of hydrogen-bond acceptors (Lipinski definition) is 3. The third kappa shape index (κ3) is 4.04. The standard InChI is InChI=1S/C12H28B3N3/c1-3-11(12-7-5-4-6-8-12)9-10(2)15-17-13-16-14-18-15/h10-14,16-18H,3-9H2,1-2H3. The maximum absolute atomic E-state index is 3.53. The highest BCUT2D eigenvalue weighted by Gasteiger charge is 2.30. The zero-order chi connectivity index (χ0) is 12.8. The lowest BCUT2D eigenvalue weighted by atomic mass is 9.53. The molecule has 2 atom stereocenters. The van der Waals surface area contributed by atoms with E-state index in [4.69, 9.17) is 0 Å². The van der Waals surface area contributed by atoms with Crippen LogP contribution in [0.3, 0.4) is 0 Å². The van der Waals surface area contributed by atoms with Crippen LogP contribution in [0.1, 0.15) is 58.8 Å². The van der Waals surface area contributed by atoms with Gasteiger partial charge >= 0.3 is 0 Å². The Kier molecular flexibility index (Phi) is 6.13. The topological polar surface area (TPSA) is 36.1 Å². The van der Waals surface area contributed by atoms with E-state index in [0.717, 1.165) is 32.8 Å². The second kappa shape index (κ2) is 7.61. The van der Waals surface area contributed by atoms with Gasteiger partial charge in [0.2, 0.25) is 0 Å². The summed E-state index contributed by atoms with van der Waals surface area (Å²) in [6, 6.07) is 0. The highest BCUT2D eigenvalue weighted by Crippen LogP contribution is 2.36. The lowest BCUT2D eigenvalue weighted by Crippen LogP contribution is -2.65. The predicted molar refractivity (Wildman–Crippen MR) is 83.9 cm³/mol. The Hall–Kier alpha value is 0.0748. The van der Waals surface area contributed by atoms with Crippen molar-refractivity contribution in [3.05, 3.63) is 0 Å². The maximum atomic E-state index is 3.53. The largest absolute Gasteiger partial charge is 0.378 e. The Morgan fingerprint density at radius 2 is 1.83 bits per heavy atom. The normalized spacial score (nSPS) is 25.1. The Morgan fingerprint density at radius 1 is 1.17 bits per heavy atom. The number of nitrogens with one attached hydrogen (secondary N) is 3. The van der Waals surface area contributed by atoms with E-state index in [1.165, 1.54) is 44.9 Å². The molecule has 1 saturated heterocycles. The van der Waals surface area contributed by atoms with Crippen molar-refractivity contribution < 1.29 is 0 Å². The fourth-order valence-corrected chi connectivity index (χ4v) is 3.81. The van der Waals surface area contributed by atoms with Crippen molar-refractivity contribution >= 4 is 22.1 Å². The third-order valence-corrected chi connectivity index (χ3v) is 4.98. The minimum Gasteiger partial charge on any atom is -0.378 e. The summed E-state index contributed by atoms with van der Waals surface area (Å²) in [4.78, 5) is 0. The smallest absolute Gasteiger partial charge is 0.287 e. The highest BCUT2D eigenvalue weighted by atomic mass is 15.0. The molecule has 1 aliphatic heterocycles. The van der Waals surface area contributed by atoms with Gasteiger partial charge in [-0.1, -0.05) is 58.8 Å². The first-order valence-electron chi connectivity index (χ1n) is 7.98. The Bertz CT molecular complexity index is 231. The number of hydrogen-bond donors (Lipinski definition) is 3. The lowest BCUT2D eigenvalue weighted by molar-refractivity contribution is 0.228. The van der Waals surface area contributed by atoms with Gasteiger partial charge in [0.15, 0.2) is 0 Å². The SMILES string of the molecule is CCC(CC(C)B1NBNBN1)C1CCCCC1. The molecule has 0 radical (unpaired) electrons. The first kappa shape index (κ1) is 14.5. The molecule has 2 unspecified atom stereocenters. The summed E-state index contributed by atoms with van der Waals surface area (Å²) in [5.74, 6) is 2.69. The molecule has 0 amide bonds. The van der Waals surface area contributed by atoms with Crippen LogP contribution in [0, 0.1) is 11.8 Å². The van der Waals surface area contributed by atoms with Crippen LogP contribution >= 0.6 is 0 Å². The highest BCUT2D eigenvalue weighted by molar-refractivity contribution is 6.75. The quantitative estimate of drug-likeness (QED) is 0.638. The average Bonchev–Trinajstić information content (AvgIpc) is 2.46. The van der Waals surface area contributed by atoms with E-state index in [-0.39, 0.29) is 0 Å². The van der Waals surface area contributed by atoms with Crippen LogP contribution < -0.4 is 15.4 Å². The van der Waals surface area contributed by atoms with Crippen molar-refractivity contribution in [1.82, 2.24) is 15.4 Å². The molecule has 2 fully saturated rings. The Morgan fingerprint density at radius 3 is 2.44 bits per heavy atom. The van der Waals surface area contributed by atoms with Crippen molar-refractivity contribution in [2.24, 2.45) is 11.8 Å². The molecule has 0 spiro atoms. The van der Waals surface area contributed by atoms with E-state index in [2.05, 4.69) is 29.3 Å². The second-order valence-electron chi connectivity index (χ2n) is 6.27. The molecular weight excluding hydrogens is 219 g/mol. The van der Waals surface area contributed by atoms with Crippen LogP contribution in [0.5, 0.6) is 0 Å². The molecule has 1 heterocycles. The van der Waals surface area contributed by atoms with Crippen LogP contribution in [0.25, 0.3) is 0 Å². The summed E-state index contributed by atoms with van der Waals surface area (Å²) >= 11 is 0. The summed E-state index contributed by atoms with van der Waals surface area (Å²) in [6.45, 7) is 5.29. The molecule has 2 aliphatic rings. The second-order valence-corrected chi connectivity index (χ2v) is 6.27. The van der Waals surface area contributed by atoms with Crippen LogP contribution in [0.4, 0.5) is 0 Å². The molecule has 2 rings (SSSR count). The van der Waals surface area contributed by atoms with Gasteiger partial charge in [-0.15, -0.1) is 0 Å². The van der Waals surface area contributed by atoms with Crippen molar-refractivity contribution in [2.75, 3.05) is 0 Å². The Balaban J connectivity index is 1.80. The van der Waals surface area contributed by atoms with E-state index in [1.807, 2.05) is 0 Å². The fraction of sp³-hybridized carbons (Fsp3) is 1.00. The van der Waals surface area contributed by atoms with Crippen molar-refractivity contribution in [2.45, 2.75) is 64.6 Å². The molecule has 0 bridgehead atoms. The summed E-state index contributed by atoms with van der Waals surface area (Å²) in [5.41, 5.74) is 0. The third-order valence-electron chi connectivity index (χ3n) is 4.98. The van der Waals surface area contributed by atoms with Crippen molar-refractivity contribution in [3.63, 3.8) is 0 Å². The maximum Gasteiger partial charge on any atom is 0.287 e. The zero-order valence-corrected chi connectivity index (χ0v) is 12.2. The predicted octanol–water partition coefficient (Wildman–Crippen LogP) is 1.18. The number of rotatable bonds is 5. The molecule has 3 nitrogen and oxygen atoms in total. The van der Waals surface area contributed by atoms with E-state index in [1.54, 1.807) is 0 Å². The van der Waals surface area contributed by atoms with Crippen molar-refractivity contribution in [1.29, 1.82) is 0 Å². The summed E-state index contributed by atoms with van der Waals surface area (Å²) < 4.78 is 0. The molecule has 0 aromatic carbocycles. The minimum absolute atomic E-state index is 0.504. The van der Waals surface area contributed by atoms with E-state index >= 15 is 0 Å². The molecule has 100 valence electrons. The van der Waals surface area contributed by atoms with Gasteiger partial charge in [0.25, 0.3) is 22.1 Å². The molecule has 3 N–H and O–H groups in total. The zero-order valence-electron chi connectivity index (χ0n) is 12.2. The van der Waals surface area contributed by atoms with Crippen LogP contribution in [0.15, 0.2) is 0 Å². The van der Waals surface area contributed by atoms with E-state index in [0.29, 0.717) is 6.98 Å². The van der Waals surface area contributed by atoms with Crippen LogP contribution in [-0.4, -0.2) is 22.1 Å². The summed E-state index contributed by atoms with van der Waals surface area (Å²) in [6.07, 6.45) is 10.1. The first-order valence-corrected chi connectivity index (χ1v) is 7.98.